The average Bonchev–Trinajstić information content (AvgIpc) is 3.04. The van der Waals surface area contributed by atoms with Gasteiger partial charge in [0.15, 0.2) is 11.2 Å². The van der Waals surface area contributed by atoms with Crippen molar-refractivity contribution in [3.8, 4) is 6.07 Å². The lowest BCUT2D eigenvalue weighted by molar-refractivity contribution is -0.164. The largest absolute Gasteiger partial charge is 0.465 e. The minimum absolute atomic E-state index is 0.0231. The molecule has 1 fully saturated rings. The predicted octanol–water partition coefficient (Wildman–Crippen LogP) is 9.03. The van der Waals surface area contributed by atoms with Gasteiger partial charge in [0.25, 0.3) is 0 Å². The van der Waals surface area contributed by atoms with E-state index >= 15 is 0 Å². The summed E-state index contributed by atoms with van der Waals surface area (Å²) in [4.78, 5) is 29.1. The van der Waals surface area contributed by atoms with E-state index in [-0.39, 0.29) is 33.1 Å². The predicted molar refractivity (Wildman–Crippen MR) is 172 cm³/mol. The smallest absolute Gasteiger partial charge is 0.327 e. The minimum atomic E-state index is -2.03. The van der Waals surface area contributed by atoms with Crippen LogP contribution >= 0.6 is 46.4 Å². The number of ether oxygens (including phenoxy) is 1. The first-order chi connectivity index (χ1) is 21.1. The fourth-order valence-electron chi connectivity index (χ4n) is 6.51. The summed E-state index contributed by atoms with van der Waals surface area (Å²) in [5.41, 5.74) is -2.32. The molecular formula is C35H27Cl4NO4. The van der Waals surface area contributed by atoms with Gasteiger partial charge in [-0.2, -0.15) is 5.26 Å². The zero-order valence-corrected chi connectivity index (χ0v) is 26.5. The summed E-state index contributed by atoms with van der Waals surface area (Å²) < 4.78 is 5.62. The van der Waals surface area contributed by atoms with Gasteiger partial charge in [-0.15, -0.1) is 0 Å². The summed E-state index contributed by atoms with van der Waals surface area (Å²) in [6, 6.07) is 29.1. The molecule has 0 amide bonds. The minimum Gasteiger partial charge on any atom is -0.465 e. The monoisotopic (exact) mass is 665 g/mol. The van der Waals surface area contributed by atoms with Crippen molar-refractivity contribution in [2.45, 2.75) is 30.8 Å². The molecule has 0 bridgehead atoms. The molecule has 0 spiro atoms. The molecule has 5 rings (SSSR count). The van der Waals surface area contributed by atoms with Crippen LogP contribution in [0.1, 0.15) is 52.2 Å². The van der Waals surface area contributed by atoms with Crippen molar-refractivity contribution in [2.24, 2.45) is 11.3 Å². The van der Waals surface area contributed by atoms with Crippen LogP contribution in [0.4, 0.5) is 0 Å². The Morgan fingerprint density at radius 2 is 1.39 bits per heavy atom. The number of benzene rings is 4. The maximum atomic E-state index is 14.7. The summed E-state index contributed by atoms with van der Waals surface area (Å²) in [6.07, 6.45) is -0.192. The second-order valence-electron chi connectivity index (χ2n) is 10.8. The van der Waals surface area contributed by atoms with E-state index in [0.717, 1.165) is 0 Å². The first-order valence-corrected chi connectivity index (χ1v) is 15.4. The highest BCUT2D eigenvalue weighted by Gasteiger charge is 2.67. The Hall–Kier alpha value is -3.37. The Bertz CT molecular complexity index is 1740. The van der Waals surface area contributed by atoms with Gasteiger partial charge in [0.05, 0.1) is 38.7 Å². The number of aliphatic hydroxyl groups is 1. The topological polar surface area (TPSA) is 87.4 Å². The van der Waals surface area contributed by atoms with Crippen molar-refractivity contribution in [1.82, 2.24) is 0 Å². The van der Waals surface area contributed by atoms with Gasteiger partial charge >= 0.3 is 5.97 Å². The van der Waals surface area contributed by atoms with Crippen molar-refractivity contribution in [3.05, 3.63) is 139 Å². The molecule has 4 aromatic carbocycles. The number of rotatable bonds is 7. The molecule has 0 aliphatic heterocycles. The lowest BCUT2D eigenvalue weighted by Gasteiger charge is -2.54. The van der Waals surface area contributed by atoms with Crippen molar-refractivity contribution in [2.75, 3.05) is 6.61 Å². The number of nitrogens with zero attached hydrogens (tertiary/aromatic N) is 1. The van der Waals surface area contributed by atoms with Crippen molar-refractivity contribution >= 4 is 58.2 Å². The average molecular weight is 667 g/mol. The Morgan fingerprint density at radius 1 is 0.841 bits per heavy atom. The molecule has 5 nitrogen and oxygen atoms in total. The summed E-state index contributed by atoms with van der Waals surface area (Å²) in [5.74, 6) is -4.90. The Labute approximate surface area is 275 Å². The molecule has 224 valence electrons. The third kappa shape index (κ3) is 5.51. The summed E-state index contributed by atoms with van der Waals surface area (Å²) in [5, 5.41) is 25.1. The van der Waals surface area contributed by atoms with Crippen molar-refractivity contribution in [3.63, 3.8) is 0 Å². The van der Waals surface area contributed by atoms with Gasteiger partial charge < -0.3 is 9.84 Å². The fourth-order valence-corrected chi connectivity index (χ4v) is 7.13. The number of ketones is 1. The second kappa shape index (κ2) is 12.9. The number of hydrogen-bond acceptors (Lipinski definition) is 5. The molecule has 0 aromatic heterocycles. The zero-order chi connectivity index (χ0) is 31.6. The molecule has 5 atom stereocenters. The third-order valence-corrected chi connectivity index (χ3v) is 9.94. The molecule has 44 heavy (non-hydrogen) atoms. The van der Waals surface area contributed by atoms with Crippen molar-refractivity contribution in [1.29, 1.82) is 5.26 Å². The molecule has 1 aliphatic carbocycles. The van der Waals surface area contributed by atoms with Crippen LogP contribution < -0.4 is 0 Å². The Morgan fingerprint density at radius 3 is 1.93 bits per heavy atom. The molecule has 0 heterocycles. The molecule has 0 saturated heterocycles. The van der Waals surface area contributed by atoms with Crippen LogP contribution in [0.5, 0.6) is 0 Å². The molecule has 4 aromatic rings. The van der Waals surface area contributed by atoms with Gasteiger partial charge in [-0.05, 0) is 54.3 Å². The second-order valence-corrected chi connectivity index (χ2v) is 12.4. The highest BCUT2D eigenvalue weighted by molar-refractivity contribution is 6.42. The number of Topliss-reactive ketones (excluding diaryl/α,β-unsaturated/α-hetero) is 1. The molecule has 1 saturated carbocycles. The van der Waals surface area contributed by atoms with Crippen LogP contribution in [0.15, 0.2) is 97.1 Å². The maximum absolute atomic E-state index is 14.7. The van der Waals surface area contributed by atoms with E-state index in [1.807, 2.05) is 0 Å². The highest BCUT2D eigenvalue weighted by atomic mass is 35.5. The van der Waals surface area contributed by atoms with Crippen LogP contribution in [0.3, 0.4) is 0 Å². The van der Waals surface area contributed by atoms with Crippen LogP contribution in [-0.2, 0) is 15.1 Å². The number of nitriles is 1. The number of halogens is 4. The van der Waals surface area contributed by atoms with Crippen molar-refractivity contribution < 1.29 is 19.4 Å². The number of carbonyl (C=O) groups excluding carboxylic acids is 2. The molecule has 0 radical (unpaired) electrons. The standard InChI is InChI=1S/C35H27Cl4NO4/c1-2-44-33(42)34(20-40)25(22-13-15-26(36)28(38)17-22)19-35(43,24-11-7-4-8-12-24)31(32(41)21-9-5-3-6-10-21)30(34)23-14-16-27(37)29(39)18-23/h3-18,25,30-31,43H,2,19H2,1H3. The lowest BCUT2D eigenvalue weighted by atomic mass is 9.47. The van der Waals surface area contributed by atoms with Gasteiger partial charge in [0.2, 0.25) is 0 Å². The first kappa shape index (κ1) is 32.0. The van der Waals surface area contributed by atoms with E-state index in [0.29, 0.717) is 22.3 Å². The van der Waals surface area contributed by atoms with E-state index in [1.54, 1.807) is 97.9 Å². The van der Waals surface area contributed by atoms with Crippen LogP contribution in [0, 0.1) is 22.7 Å². The molecular weight excluding hydrogens is 640 g/mol. The van der Waals surface area contributed by atoms with Gasteiger partial charge in [0.1, 0.15) is 5.60 Å². The summed E-state index contributed by atoms with van der Waals surface area (Å²) >= 11 is 25.6. The zero-order valence-electron chi connectivity index (χ0n) is 23.5. The molecule has 1 N–H and O–H groups in total. The quantitative estimate of drug-likeness (QED) is 0.157. The maximum Gasteiger partial charge on any atom is 0.327 e. The van der Waals surface area contributed by atoms with E-state index in [9.17, 15) is 20.0 Å². The van der Waals surface area contributed by atoms with Gasteiger partial charge in [-0.25, -0.2) is 0 Å². The first-order valence-electron chi connectivity index (χ1n) is 13.9. The molecule has 1 aliphatic rings. The normalized spacial score (nSPS) is 24.7. The lowest BCUT2D eigenvalue weighted by Crippen LogP contribution is -2.59. The number of carbonyl (C=O) groups is 2. The number of hydrogen-bond donors (Lipinski definition) is 1. The fraction of sp³-hybridized carbons (Fsp3) is 0.229. The Kier molecular flexibility index (Phi) is 9.41. The van der Waals surface area contributed by atoms with E-state index in [2.05, 4.69) is 6.07 Å². The van der Waals surface area contributed by atoms with Gasteiger partial charge in [0, 0.05) is 17.4 Å². The van der Waals surface area contributed by atoms with Crippen LogP contribution in [-0.4, -0.2) is 23.5 Å². The van der Waals surface area contributed by atoms with E-state index in [1.165, 1.54) is 6.07 Å². The van der Waals surface area contributed by atoms with Crippen LogP contribution in [0.2, 0.25) is 20.1 Å². The van der Waals surface area contributed by atoms with E-state index < -0.39 is 40.5 Å². The highest BCUT2D eigenvalue weighted by Crippen LogP contribution is 2.64. The summed E-state index contributed by atoms with van der Waals surface area (Å²) in [6.45, 7) is 1.62. The molecule has 5 unspecified atom stereocenters. The van der Waals surface area contributed by atoms with Gasteiger partial charge in [-0.3, -0.25) is 9.59 Å². The van der Waals surface area contributed by atoms with Crippen LogP contribution in [0.25, 0.3) is 0 Å². The SMILES string of the molecule is CCOC(=O)C1(C#N)C(c2ccc(Cl)c(Cl)c2)CC(O)(c2ccccc2)C(C(=O)c2ccccc2)C1c1ccc(Cl)c(Cl)c1. The number of esters is 1. The van der Waals surface area contributed by atoms with Gasteiger partial charge in [-0.1, -0.05) is 119 Å². The Balaban J connectivity index is 1.92. The third-order valence-electron chi connectivity index (χ3n) is 8.46. The van der Waals surface area contributed by atoms with E-state index in [4.69, 9.17) is 51.1 Å². The molecule has 9 heteroatoms. The summed E-state index contributed by atoms with van der Waals surface area (Å²) in [7, 11) is 0.